The molecule has 0 atom stereocenters. The fraction of sp³-hybridized carbons (Fsp3) is 0.217. The zero-order valence-corrected chi connectivity index (χ0v) is 17.1. The smallest absolute Gasteiger partial charge is 0.339 e. The van der Waals surface area contributed by atoms with Crippen LogP contribution in [0.4, 0.5) is 0 Å². The van der Waals surface area contributed by atoms with E-state index in [0.717, 1.165) is 24.1 Å². The molecule has 1 aliphatic rings. The molecule has 3 heterocycles. The van der Waals surface area contributed by atoms with Gasteiger partial charge in [0.25, 0.3) is 5.71 Å². The van der Waals surface area contributed by atoms with Gasteiger partial charge in [-0.2, -0.15) is 0 Å². The Labute approximate surface area is 176 Å². The lowest BCUT2D eigenvalue weighted by atomic mass is 10.0. The van der Waals surface area contributed by atoms with Crippen LogP contribution in [-0.4, -0.2) is 28.5 Å². The number of nitrogens with zero attached hydrogens (tertiary/aromatic N) is 2. The first-order valence-corrected chi connectivity index (χ1v) is 10.6. The highest BCUT2D eigenvalue weighted by molar-refractivity contribution is 7.13. The van der Waals surface area contributed by atoms with Crippen LogP contribution in [0.3, 0.4) is 0 Å². The first-order valence-electron chi connectivity index (χ1n) is 9.73. The summed E-state index contributed by atoms with van der Waals surface area (Å²) >= 11 is 1.51. The number of Topliss-reactive ketones (excluding diaryl/α,β-unsaturated/α-hetero) is 1. The van der Waals surface area contributed by atoms with Gasteiger partial charge in [-0.15, -0.1) is 11.3 Å². The van der Waals surface area contributed by atoms with Crippen molar-refractivity contribution in [3.05, 3.63) is 69.7 Å². The quantitative estimate of drug-likeness (QED) is 0.342. The number of esters is 1. The Morgan fingerprint density at radius 1 is 1.17 bits per heavy atom. The Bertz CT molecular complexity index is 1270. The number of fused-ring (bicyclic) bond motifs is 2. The van der Waals surface area contributed by atoms with E-state index >= 15 is 0 Å². The van der Waals surface area contributed by atoms with Crippen LogP contribution in [0.2, 0.25) is 0 Å². The minimum Gasteiger partial charge on any atom is -0.454 e. The molecular formula is C23H18N2O4S. The number of hydrogen-bond donors (Lipinski definition) is 0. The summed E-state index contributed by atoms with van der Waals surface area (Å²) in [6, 6.07) is 11.2. The first kappa shape index (κ1) is 18.7. The molecule has 6 nitrogen and oxygen atoms in total. The monoisotopic (exact) mass is 418 g/mol. The van der Waals surface area contributed by atoms with Gasteiger partial charge < -0.3 is 9.26 Å². The molecular weight excluding hydrogens is 400 g/mol. The zero-order chi connectivity index (χ0) is 20.7. The topological polar surface area (TPSA) is 82.3 Å². The molecule has 30 heavy (non-hydrogen) atoms. The molecule has 1 aliphatic carbocycles. The molecule has 0 spiro atoms. The van der Waals surface area contributed by atoms with Gasteiger partial charge in [-0.3, -0.25) is 4.79 Å². The van der Waals surface area contributed by atoms with Crippen LogP contribution < -0.4 is 0 Å². The summed E-state index contributed by atoms with van der Waals surface area (Å²) in [6.45, 7) is 1.42. The Morgan fingerprint density at radius 2 is 2.03 bits per heavy atom. The molecule has 0 saturated carbocycles. The highest BCUT2D eigenvalue weighted by atomic mass is 32.1. The normalized spacial score (nSPS) is 12.8. The van der Waals surface area contributed by atoms with E-state index in [0.29, 0.717) is 27.9 Å². The number of carbonyl (C=O) groups excluding carboxylic acids is 2. The molecule has 0 N–H and O–H groups in total. The molecule has 3 aromatic heterocycles. The highest BCUT2D eigenvalue weighted by Crippen LogP contribution is 2.30. The van der Waals surface area contributed by atoms with E-state index in [1.807, 2.05) is 35.7 Å². The van der Waals surface area contributed by atoms with Gasteiger partial charge in [-0.1, -0.05) is 23.4 Å². The van der Waals surface area contributed by atoms with Crippen molar-refractivity contribution in [2.45, 2.75) is 26.2 Å². The predicted molar refractivity (Wildman–Crippen MR) is 113 cm³/mol. The molecule has 5 rings (SSSR count). The van der Waals surface area contributed by atoms with Gasteiger partial charge in [-0.25, -0.2) is 9.78 Å². The second kappa shape index (κ2) is 7.50. The number of thiophene rings is 1. The molecule has 0 fully saturated rings. The summed E-state index contributed by atoms with van der Waals surface area (Å²) in [7, 11) is 0. The van der Waals surface area contributed by atoms with Crippen molar-refractivity contribution in [3.63, 3.8) is 0 Å². The number of aryl methyl sites for hydroxylation is 3. The van der Waals surface area contributed by atoms with E-state index in [9.17, 15) is 9.59 Å². The van der Waals surface area contributed by atoms with E-state index in [1.54, 1.807) is 13.0 Å². The fourth-order valence-electron chi connectivity index (χ4n) is 3.84. The number of aromatic nitrogens is 2. The Kier molecular flexibility index (Phi) is 4.67. The highest BCUT2D eigenvalue weighted by Gasteiger charge is 2.22. The summed E-state index contributed by atoms with van der Waals surface area (Å²) in [5, 5.41) is 6.36. The van der Waals surface area contributed by atoms with Crippen molar-refractivity contribution in [1.29, 1.82) is 0 Å². The van der Waals surface area contributed by atoms with Crippen molar-refractivity contribution in [2.24, 2.45) is 0 Å². The maximum absolute atomic E-state index is 12.9. The molecule has 0 unspecified atom stereocenters. The van der Waals surface area contributed by atoms with Crippen molar-refractivity contribution in [3.8, 4) is 10.6 Å². The lowest BCUT2D eigenvalue weighted by molar-refractivity contribution is 0.0476. The second-order valence-corrected chi connectivity index (χ2v) is 8.26. The van der Waals surface area contributed by atoms with Crippen LogP contribution in [-0.2, 0) is 17.6 Å². The number of carbonyl (C=O) groups is 2. The summed E-state index contributed by atoms with van der Waals surface area (Å²) in [4.78, 5) is 30.8. The number of benzene rings is 1. The lowest BCUT2D eigenvalue weighted by Gasteiger charge is -2.08. The van der Waals surface area contributed by atoms with Gasteiger partial charge in [0.1, 0.15) is 0 Å². The molecule has 1 aromatic carbocycles. The van der Waals surface area contributed by atoms with Gasteiger partial charge in [0, 0.05) is 5.56 Å². The molecule has 0 bridgehead atoms. The standard InChI is InChI=1S/C23H18N2O4S/c1-13-21-17(11-18(20-6-3-9-30-20)24-22(21)29-25-13)23(27)28-12-19(26)16-8-7-14-4-2-5-15(14)10-16/h3,6-11H,2,4-5,12H2,1H3. The number of ketones is 1. The van der Waals surface area contributed by atoms with Crippen LogP contribution >= 0.6 is 11.3 Å². The Hall–Kier alpha value is -3.32. The second-order valence-electron chi connectivity index (χ2n) is 7.32. The lowest BCUT2D eigenvalue weighted by Crippen LogP contribution is -2.15. The Morgan fingerprint density at radius 3 is 2.87 bits per heavy atom. The van der Waals surface area contributed by atoms with Crippen molar-refractivity contribution in [2.75, 3.05) is 6.61 Å². The first-order chi connectivity index (χ1) is 14.6. The third-order valence-electron chi connectivity index (χ3n) is 5.37. The van der Waals surface area contributed by atoms with Gasteiger partial charge in [0.2, 0.25) is 0 Å². The van der Waals surface area contributed by atoms with E-state index in [4.69, 9.17) is 9.26 Å². The summed E-state index contributed by atoms with van der Waals surface area (Å²) in [6.07, 6.45) is 3.16. The zero-order valence-electron chi connectivity index (χ0n) is 16.3. The van der Waals surface area contributed by atoms with Crippen LogP contribution in [0.15, 0.2) is 46.3 Å². The maximum Gasteiger partial charge on any atom is 0.339 e. The largest absolute Gasteiger partial charge is 0.454 e. The SMILES string of the molecule is Cc1noc2nc(-c3cccs3)cc(C(=O)OCC(=O)c3ccc4c(c3)CCC4)c12. The van der Waals surface area contributed by atoms with E-state index in [-0.39, 0.29) is 18.1 Å². The molecule has 150 valence electrons. The minimum atomic E-state index is -0.596. The third kappa shape index (κ3) is 3.31. The summed E-state index contributed by atoms with van der Waals surface area (Å²) < 4.78 is 10.7. The van der Waals surface area contributed by atoms with Crippen molar-refractivity contribution in [1.82, 2.24) is 10.1 Å². The van der Waals surface area contributed by atoms with Gasteiger partial charge in [-0.05, 0) is 60.9 Å². The van der Waals surface area contributed by atoms with Crippen LogP contribution in [0.25, 0.3) is 21.7 Å². The number of rotatable bonds is 5. The summed E-state index contributed by atoms with van der Waals surface area (Å²) in [5.74, 6) is -0.815. The van der Waals surface area contributed by atoms with Gasteiger partial charge in [0.05, 0.1) is 27.2 Å². The molecule has 0 saturated heterocycles. The van der Waals surface area contributed by atoms with E-state index in [2.05, 4.69) is 10.1 Å². The van der Waals surface area contributed by atoms with Crippen LogP contribution in [0.1, 0.15) is 44.0 Å². The number of ether oxygens (including phenoxy) is 1. The minimum absolute atomic E-state index is 0.219. The molecule has 7 heteroatoms. The fourth-order valence-corrected chi connectivity index (χ4v) is 4.53. The average molecular weight is 418 g/mol. The number of pyridine rings is 1. The van der Waals surface area contributed by atoms with Crippen LogP contribution in [0, 0.1) is 6.92 Å². The van der Waals surface area contributed by atoms with Crippen molar-refractivity contribution >= 4 is 34.2 Å². The molecule has 0 radical (unpaired) electrons. The van der Waals surface area contributed by atoms with E-state index in [1.165, 1.54) is 22.5 Å². The third-order valence-corrected chi connectivity index (χ3v) is 6.26. The summed E-state index contributed by atoms with van der Waals surface area (Å²) in [5.41, 5.74) is 4.80. The maximum atomic E-state index is 12.9. The van der Waals surface area contributed by atoms with Gasteiger partial charge in [0.15, 0.2) is 12.4 Å². The van der Waals surface area contributed by atoms with Gasteiger partial charge >= 0.3 is 5.97 Å². The Balaban J connectivity index is 1.40. The van der Waals surface area contributed by atoms with Crippen molar-refractivity contribution < 1.29 is 18.8 Å². The molecule has 0 amide bonds. The number of hydrogen-bond acceptors (Lipinski definition) is 7. The van der Waals surface area contributed by atoms with Crippen LogP contribution in [0.5, 0.6) is 0 Å². The molecule has 0 aliphatic heterocycles. The predicted octanol–water partition coefficient (Wildman–Crippen LogP) is 4.79. The molecule has 4 aromatic rings. The average Bonchev–Trinajstić information content (AvgIpc) is 3.51. The van der Waals surface area contributed by atoms with E-state index < -0.39 is 5.97 Å².